The van der Waals surface area contributed by atoms with Crippen molar-refractivity contribution in [3.05, 3.63) is 73.7 Å². The van der Waals surface area contributed by atoms with Gasteiger partial charge >= 0.3 is 0 Å². The number of hydrogen-bond donors (Lipinski definition) is 1. The number of anilines is 1. The molecule has 4 saturated heterocycles. The zero-order valence-electron chi connectivity index (χ0n) is 29.9. The molecule has 1 N–H and O–H groups in total. The molecule has 274 valence electrons. The number of amides is 1. The summed E-state index contributed by atoms with van der Waals surface area (Å²) >= 11 is 14.7. The van der Waals surface area contributed by atoms with Crippen LogP contribution in [0.1, 0.15) is 71.7 Å². The van der Waals surface area contributed by atoms with Crippen LogP contribution in [0, 0.1) is 60.1 Å². The molecule has 13 heteroatoms. The van der Waals surface area contributed by atoms with Crippen molar-refractivity contribution in [2.45, 2.75) is 76.5 Å². The van der Waals surface area contributed by atoms with Crippen LogP contribution in [0.5, 0.6) is 0 Å². The third kappa shape index (κ3) is 5.05. The van der Waals surface area contributed by atoms with Crippen molar-refractivity contribution in [2.24, 2.45) is 17.8 Å². The normalized spacial score (nSPS) is 25.7. The Balaban J connectivity index is 1.20. The average Bonchev–Trinajstić information content (AvgIpc) is 3.45. The van der Waals surface area contributed by atoms with E-state index in [1.165, 1.54) is 0 Å². The fraction of sp³-hybridized carbons (Fsp3) is 0.439. The number of aryl methyl sites for hydroxylation is 3. The van der Waals surface area contributed by atoms with Crippen LogP contribution in [0.25, 0.3) is 32.9 Å². The summed E-state index contributed by atoms with van der Waals surface area (Å²) < 4.78 is 19.8. The maximum atomic E-state index is 17.3. The molecule has 11 rings (SSSR count). The number of nitrogens with one attached hydrogen (secondary N) is 1. The van der Waals surface area contributed by atoms with Gasteiger partial charge in [-0.15, -0.1) is 11.3 Å². The fourth-order valence-electron chi connectivity index (χ4n) is 10.1. The minimum absolute atomic E-state index is 0.00953. The number of rotatable bonds is 7. The number of carbonyl (C=O) groups is 1. The highest BCUT2D eigenvalue weighted by Crippen LogP contribution is 2.54. The molecule has 6 aliphatic rings. The van der Waals surface area contributed by atoms with Gasteiger partial charge in [-0.25, -0.2) is 14.4 Å². The minimum atomic E-state index is -0.480. The van der Waals surface area contributed by atoms with Crippen LogP contribution in [0.2, 0.25) is 10.0 Å². The molecular weight excluding hydrogens is 742 g/mol. The lowest BCUT2D eigenvalue weighted by Gasteiger charge is -2.40. The van der Waals surface area contributed by atoms with Crippen molar-refractivity contribution < 1.29 is 9.18 Å². The molecule has 54 heavy (non-hydrogen) atoms. The first-order chi connectivity index (χ1) is 26.2. The highest BCUT2D eigenvalue weighted by Gasteiger charge is 2.55. The highest BCUT2D eigenvalue weighted by molar-refractivity contribution is 7.15. The lowest BCUT2D eigenvalue weighted by Crippen LogP contribution is -2.45. The maximum absolute atomic E-state index is 17.3. The summed E-state index contributed by atoms with van der Waals surface area (Å²) in [6, 6.07) is 14.2. The largest absolute Gasteiger partial charge is 0.346 e. The number of nitriles is 2. The topological polar surface area (TPSA) is 114 Å². The summed E-state index contributed by atoms with van der Waals surface area (Å²) in [5.41, 5.74) is 4.92. The van der Waals surface area contributed by atoms with E-state index >= 15 is 4.39 Å². The Morgan fingerprint density at radius 3 is 2.63 bits per heavy atom. The van der Waals surface area contributed by atoms with Gasteiger partial charge in [-0.1, -0.05) is 35.3 Å². The Hall–Kier alpha value is -4.26. The second-order valence-electron chi connectivity index (χ2n) is 15.8. The van der Waals surface area contributed by atoms with Crippen molar-refractivity contribution in [3.63, 3.8) is 0 Å². The number of thiazole rings is 1. The minimum Gasteiger partial charge on any atom is -0.346 e. The molecule has 4 bridgehead atoms. The van der Waals surface area contributed by atoms with Gasteiger partial charge in [-0.3, -0.25) is 4.79 Å². The number of piperidine rings is 1. The van der Waals surface area contributed by atoms with E-state index in [1.54, 1.807) is 29.5 Å². The van der Waals surface area contributed by atoms with E-state index in [-0.39, 0.29) is 58.9 Å². The zero-order valence-corrected chi connectivity index (χ0v) is 32.2. The van der Waals surface area contributed by atoms with Crippen molar-refractivity contribution in [1.82, 2.24) is 24.8 Å². The molecule has 6 fully saturated rings. The molecule has 6 atom stereocenters. The predicted molar refractivity (Wildman–Crippen MR) is 208 cm³/mol. The first-order valence-corrected chi connectivity index (χ1v) is 20.4. The summed E-state index contributed by atoms with van der Waals surface area (Å²) in [5, 5.41) is 26.1. The first kappa shape index (κ1) is 34.2. The number of pyridine rings is 1. The van der Waals surface area contributed by atoms with E-state index < -0.39 is 5.82 Å². The zero-order chi connectivity index (χ0) is 37.2. The van der Waals surface area contributed by atoms with Crippen molar-refractivity contribution in [3.8, 4) is 23.3 Å². The first-order valence-electron chi connectivity index (χ1n) is 18.8. The second kappa shape index (κ2) is 12.6. The number of hydrogen-bond acceptors (Lipinski definition) is 8. The summed E-state index contributed by atoms with van der Waals surface area (Å²) in [4.78, 5) is 29.5. The van der Waals surface area contributed by atoms with Gasteiger partial charge in [0.2, 0.25) is 5.91 Å². The van der Waals surface area contributed by atoms with Gasteiger partial charge in [0, 0.05) is 82.1 Å². The van der Waals surface area contributed by atoms with E-state index in [4.69, 9.17) is 33.2 Å². The van der Waals surface area contributed by atoms with Crippen molar-refractivity contribution in [2.75, 3.05) is 24.5 Å². The van der Waals surface area contributed by atoms with Crippen LogP contribution in [-0.2, 0) is 11.2 Å². The number of carbonyl (C=O) groups excluding carboxylic acids is 1. The molecule has 5 aromatic rings. The lowest BCUT2D eigenvalue weighted by molar-refractivity contribution is -0.135. The summed E-state index contributed by atoms with van der Waals surface area (Å²) in [6.07, 6.45) is 4.33. The summed E-state index contributed by atoms with van der Waals surface area (Å²) in [6.45, 7) is 6.18. The quantitative estimate of drug-likeness (QED) is 0.177. The number of nitrogens with zero attached hydrogens (tertiary/aromatic N) is 7. The molecule has 7 heterocycles. The van der Waals surface area contributed by atoms with Crippen LogP contribution in [0.15, 0.2) is 30.3 Å². The fourth-order valence-corrected chi connectivity index (χ4v) is 11.4. The van der Waals surface area contributed by atoms with Gasteiger partial charge in [0.15, 0.2) is 16.6 Å². The summed E-state index contributed by atoms with van der Waals surface area (Å²) in [5.74, 6) is 0.333. The van der Waals surface area contributed by atoms with E-state index in [0.717, 1.165) is 65.4 Å². The van der Waals surface area contributed by atoms with Crippen LogP contribution in [0.3, 0.4) is 0 Å². The van der Waals surface area contributed by atoms with Gasteiger partial charge in [0.05, 0.1) is 39.8 Å². The number of halogens is 3. The molecule has 9 nitrogen and oxygen atoms in total. The van der Waals surface area contributed by atoms with E-state index in [9.17, 15) is 15.3 Å². The molecule has 0 unspecified atom stereocenters. The van der Waals surface area contributed by atoms with Gasteiger partial charge in [-0.05, 0) is 75.6 Å². The molecule has 2 aromatic carbocycles. The van der Waals surface area contributed by atoms with E-state index in [0.29, 0.717) is 57.4 Å². The number of benzene rings is 2. The molecule has 2 saturated carbocycles. The average molecular weight is 780 g/mol. The number of fused-ring (bicyclic) bond motifs is 6. The third-order valence-corrected chi connectivity index (χ3v) is 14.5. The van der Waals surface area contributed by atoms with Gasteiger partial charge in [0.25, 0.3) is 0 Å². The van der Waals surface area contributed by atoms with E-state index in [2.05, 4.69) is 37.9 Å². The summed E-state index contributed by atoms with van der Waals surface area (Å²) in [7, 11) is 0. The molecule has 0 radical (unpaired) electrons. The Morgan fingerprint density at radius 2 is 1.93 bits per heavy atom. The highest BCUT2D eigenvalue weighted by atomic mass is 35.5. The molecular formula is C41H37Cl2FN8OS. The second-order valence-corrected chi connectivity index (χ2v) is 17.8. The lowest BCUT2D eigenvalue weighted by atomic mass is 9.79. The SMILES string of the molecule is Cc1sc(N2C[C@@H]3C[C@H](C2)N(C(=O)C2CC2)[C@H]3c2cc3c(C)nc4c(F)c(-c5cccc(Cl)c5Cl)c(CCC#N)cc4c3n2[C@H]2[C@H]3CN[C@@H]2C3)nc1C#N. The van der Waals surface area contributed by atoms with Crippen LogP contribution >= 0.6 is 34.5 Å². The predicted octanol–water partition coefficient (Wildman–Crippen LogP) is 8.42. The van der Waals surface area contributed by atoms with Gasteiger partial charge in [0.1, 0.15) is 11.6 Å². The monoisotopic (exact) mass is 778 g/mol. The number of aromatic nitrogens is 3. The Labute approximate surface area is 326 Å². The molecule has 2 aliphatic carbocycles. The van der Waals surface area contributed by atoms with Crippen molar-refractivity contribution >= 4 is 67.4 Å². The van der Waals surface area contributed by atoms with Crippen molar-refractivity contribution in [1.29, 1.82) is 10.5 Å². The van der Waals surface area contributed by atoms with E-state index in [1.807, 2.05) is 19.9 Å². The van der Waals surface area contributed by atoms with Crippen LogP contribution in [0.4, 0.5) is 9.52 Å². The molecule has 4 aliphatic heterocycles. The standard InChI is InChI=1S/C41H37Cl2FN8OS/c1-19-27-14-32(38-24-11-25(51(38)40(53)21-8-9-21)18-50(17-24)41-49-31(15-46)20(2)54-41)52(37-23-13-30(37)47-16-23)39(27)28-12-22(5-4-10-45)33(35(44)36(28)48-19)26-6-3-7-29(42)34(26)43/h3,6-7,12,14,21,23-25,30,37-38,47H,4-5,8-9,11,13,16-18H2,1-2H3/t23-,24+,25-,30-,37+,38-/m1/s1. The smallest absolute Gasteiger partial charge is 0.226 e. The van der Waals surface area contributed by atoms with Gasteiger partial charge in [-0.2, -0.15) is 10.5 Å². The third-order valence-electron chi connectivity index (χ3n) is 12.7. The molecule has 3 aromatic heterocycles. The van der Waals surface area contributed by atoms with Gasteiger partial charge < -0.3 is 19.7 Å². The number of likely N-dealkylation sites (tertiary alicyclic amines) is 1. The maximum Gasteiger partial charge on any atom is 0.226 e. The Kier molecular flexibility index (Phi) is 8.02. The van der Waals surface area contributed by atoms with Crippen LogP contribution in [-0.4, -0.2) is 57.1 Å². The Morgan fingerprint density at radius 1 is 1.09 bits per heavy atom. The molecule has 0 spiro atoms. The van der Waals surface area contributed by atoms with Crippen LogP contribution < -0.4 is 10.2 Å². The molecule has 1 amide bonds. The Bertz CT molecular complexity index is 2500.